The van der Waals surface area contributed by atoms with Gasteiger partial charge in [-0.2, -0.15) is 11.8 Å². The molecule has 6 heteroatoms. The monoisotopic (exact) mass is 300 g/mol. The standard InChI is InChI=1S/C14H24N2O3S/c1-14(2,3)8(12(17)18)5-4-6-10-11-9(7-20-10)15-13(19)16-11/h8-11H,4-7H2,1-3H3,(H,17,18)(H2,15,16,19)/t8?,9-,10-,11-/m0/s1. The van der Waals surface area contributed by atoms with Crippen LogP contribution in [0, 0.1) is 11.3 Å². The molecule has 4 atom stereocenters. The van der Waals surface area contributed by atoms with Crippen LogP contribution in [0.4, 0.5) is 4.79 Å². The van der Waals surface area contributed by atoms with Crippen molar-refractivity contribution in [2.45, 2.75) is 57.4 Å². The number of carbonyl (C=O) groups excluding carboxylic acids is 1. The number of nitrogens with one attached hydrogen (secondary N) is 2. The van der Waals surface area contributed by atoms with Gasteiger partial charge in [0.1, 0.15) is 0 Å². The number of fused-ring (bicyclic) bond motifs is 1. The molecule has 2 aliphatic heterocycles. The van der Waals surface area contributed by atoms with Gasteiger partial charge < -0.3 is 15.7 Å². The molecule has 2 rings (SSSR count). The first-order valence-corrected chi connectivity index (χ1v) is 8.25. The largest absolute Gasteiger partial charge is 0.481 e. The van der Waals surface area contributed by atoms with Crippen molar-refractivity contribution in [3.63, 3.8) is 0 Å². The van der Waals surface area contributed by atoms with Crippen LogP contribution < -0.4 is 10.6 Å². The number of aliphatic carboxylic acids is 1. The summed E-state index contributed by atoms with van der Waals surface area (Å²) < 4.78 is 0. The summed E-state index contributed by atoms with van der Waals surface area (Å²) in [4.78, 5) is 22.6. The number of carbonyl (C=O) groups is 2. The minimum atomic E-state index is -0.703. The molecule has 3 N–H and O–H groups in total. The van der Waals surface area contributed by atoms with Crippen molar-refractivity contribution in [3.05, 3.63) is 0 Å². The van der Waals surface area contributed by atoms with Crippen LogP contribution in [0.25, 0.3) is 0 Å². The summed E-state index contributed by atoms with van der Waals surface area (Å²) >= 11 is 1.88. The Balaban J connectivity index is 1.81. The van der Waals surface area contributed by atoms with Crippen LogP contribution in [0.3, 0.4) is 0 Å². The lowest BCUT2D eigenvalue weighted by atomic mass is 9.78. The molecule has 2 saturated heterocycles. The Labute approximate surface area is 124 Å². The Hall–Kier alpha value is -0.910. The fourth-order valence-corrected chi connectivity index (χ4v) is 4.64. The lowest BCUT2D eigenvalue weighted by molar-refractivity contribution is -0.145. The van der Waals surface area contributed by atoms with Crippen LogP contribution in [0.5, 0.6) is 0 Å². The second-order valence-electron chi connectivity index (χ2n) is 6.81. The number of thioether (sulfide) groups is 1. The van der Waals surface area contributed by atoms with Crippen molar-refractivity contribution in [2.24, 2.45) is 11.3 Å². The summed E-state index contributed by atoms with van der Waals surface area (Å²) in [5.74, 6) is -0.0540. The molecule has 2 amide bonds. The second-order valence-corrected chi connectivity index (χ2v) is 8.08. The van der Waals surface area contributed by atoms with Crippen molar-refractivity contribution in [1.82, 2.24) is 10.6 Å². The first-order valence-electron chi connectivity index (χ1n) is 7.20. The predicted octanol–water partition coefficient (Wildman–Crippen LogP) is 2.07. The number of carboxylic acid groups (broad SMARTS) is 1. The molecule has 0 radical (unpaired) electrons. The van der Waals surface area contributed by atoms with Gasteiger partial charge in [-0.25, -0.2) is 4.79 Å². The summed E-state index contributed by atoms with van der Waals surface area (Å²) in [7, 11) is 0. The highest BCUT2D eigenvalue weighted by molar-refractivity contribution is 8.00. The lowest BCUT2D eigenvalue weighted by Crippen LogP contribution is -2.37. The zero-order valence-electron chi connectivity index (χ0n) is 12.3. The van der Waals surface area contributed by atoms with Crippen LogP contribution in [-0.4, -0.2) is 40.2 Å². The smallest absolute Gasteiger partial charge is 0.315 e. The van der Waals surface area contributed by atoms with E-state index in [1.54, 1.807) is 0 Å². The van der Waals surface area contributed by atoms with Crippen LogP contribution in [-0.2, 0) is 4.79 Å². The third-order valence-corrected chi connectivity index (χ3v) is 5.77. The van der Waals surface area contributed by atoms with E-state index in [1.165, 1.54) is 0 Å². The molecular formula is C14H24N2O3S. The minimum Gasteiger partial charge on any atom is -0.481 e. The van der Waals surface area contributed by atoms with Gasteiger partial charge in [0.05, 0.1) is 18.0 Å². The molecule has 1 unspecified atom stereocenters. The lowest BCUT2D eigenvalue weighted by Gasteiger charge is -2.27. The van der Waals surface area contributed by atoms with Crippen LogP contribution >= 0.6 is 11.8 Å². The molecule has 0 aromatic heterocycles. The van der Waals surface area contributed by atoms with E-state index in [4.69, 9.17) is 0 Å². The SMILES string of the molecule is CC(C)(C)C(CCC[C@@H]1SC[C@@H]2NC(=O)N[C@@H]21)C(=O)O. The van der Waals surface area contributed by atoms with Crippen LogP contribution in [0.2, 0.25) is 0 Å². The van der Waals surface area contributed by atoms with Gasteiger partial charge in [-0.3, -0.25) is 4.79 Å². The van der Waals surface area contributed by atoms with Crippen molar-refractivity contribution in [1.29, 1.82) is 0 Å². The normalized spacial score (nSPS) is 30.6. The molecule has 2 aliphatic rings. The van der Waals surface area contributed by atoms with Gasteiger partial charge in [0.15, 0.2) is 0 Å². The molecule has 0 saturated carbocycles. The topological polar surface area (TPSA) is 78.4 Å². The zero-order valence-corrected chi connectivity index (χ0v) is 13.1. The average molecular weight is 300 g/mol. The fourth-order valence-electron chi connectivity index (χ4n) is 3.09. The summed E-state index contributed by atoms with van der Waals surface area (Å²) in [5, 5.41) is 15.6. The Morgan fingerprint density at radius 3 is 2.75 bits per heavy atom. The molecule has 0 aromatic rings. The van der Waals surface area contributed by atoms with Gasteiger partial charge >= 0.3 is 12.0 Å². The number of urea groups is 1. The predicted molar refractivity (Wildman–Crippen MR) is 79.9 cm³/mol. The maximum atomic E-state index is 11.3. The molecule has 0 aliphatic carbocycles. The number of rotatable bonds is 5. The number of amides is 2. The molecule has 20 heavy (non-hydrogen) atoms. The maximum Gasteiger partial charge on any atom is 0.315 e. The van der Waals surface area contributed by atoms with E-state index in [9.17, 15) is 14.7 Å². The second kappa shape index (κ2) is 5.84. The van der Waals surface area contributed by atoms with Gasteiger partial charge in [-0.15, -0.1) is 0 Å². The van der Waals surface area contributed by atoms with E-state index < -0.39 is 5.97 Å². The first kappa shape index (κ1) is 15.5. The highest BCUT2D eigenvalue weighted by atomic mass is 32.2. The van der Waals surface area contributed by atoms with Crippen LogP contribution in [0.15, 0.2) is 0 Å². The van der Waals surface area contributed by atoms with Crippen molar-refractivity contribution in [2.75, 3.05) is 5.75 Å². The fraction of sp³-hybridized carbons (Fsp3) is 0.857. The third kappa shape index (κ3) is 3.40. The molecule has 2 heterocycles. The van der Waals surface area contributed by atoms with Gasteiger partial charge in [0.2, 0.25) is 0 Å². The summed E-state index contributed by atoms with van der Waals surface area (Å²) in [6.07, 6.45) is 2.56. The van der Waals surface area contributed by atoms with E-state index in [2.05, 4.69) is 10.6 Å². The van der Waals surface area contributed by atoms with Gasteiger partial charge in [0, 0.05) is 11.0 Å². The Morgan fingerprint density at radius 1 is 1.45 bits per heavy atom. The van der Waals surface area contributed by atoms with E-state index in [0.717, 1.165) is 18.6 Å². The molecule has 114 valence electrons. The maximum absolute atomic E-state index is 11.3. The molecule has 0 spiro atoms. The number of hydrogen-bond acceptors (Lipinski definition) is 3. The zero-order chi connectivity index (χ0) is 14.9. The van der Waals surface area contributed by atoms with Gasteiger partial charge in [0.25, 0.3) is 0 Å². The minimum absolute atomic E-state index is 0.0663. The summed E-state index contributed by atoms with van der Waals surface area (Å²) in [6.45, 7) is 5.94. The Morgan fingerprint density at radius 2 is 2.15 bits per heavy atom. The molecule has 2 fully saturated rings. The Bertz CT molecular complexity index is 394. The molecule has 0 bridgehead atoms. The molecular weight excluding hydrogens is 276 g/mol. The Kier molecular flexibility index (Phi) is 4.52. The van der Waals surface area contributed by atoms with Crippen LogP contribution in [0.1, 0.15) is 40.0 Å². The van der Waals surface area contributed by atoms with Crippen molar-refractivity contribution < 1.29 is 14.7 Å². The summed E-state index contributed by atoms with van der Waals surface area (Å²) in [6, 6.07) is 0.393. The summed E-state index contributed by atoms with van der Waals surface area (Å²) in [5.41, 5.74) is -0.208. The highest BCUT2D eigenvalue weighted by Gasteiger charge is 2.42. The molecule has 5 nitrogen and oxygen atoms in total. The first-order chi connectivity index (χ1) is 9.29. The van der Waals surface area contributed by atoms with Crippen molar-refractivity contribution >= 4 is 23.8 Å². The van der Waals surface area contributed by atoms with E-state index >= 15 is 0 Å². The average Bonchev–Trinajstić information content (AvgIpc) is 2.82. The van der Waals surface area contributed by atoms with Gasteiger partial charge in [-0.05, 0) is 18.3 Å². The van der Waals surface area contributed by atoms with Crippen molar-refractivity contribution in [3.8, 4) is 0 Å². The molecule has 0 aromatic carbocycles. The highest BCUT2D eigenvalue weighted by Crippen LogP contribution is 2.35. The quantitative estimate of drug-likeness (QED) is 0.679. The number of hydrogen-bond donors (Lipinski definition) is 3. The van der Waals surface area contributed by atoms with E-state index in [-0.39, 0.29) is 29.4 Å². The van der Waals surface area contributed by atoms with E-state index in [1.807, 2.05) is 32.5 Å². The third-order valence-electron chi connectivity index (χ3n) is 4.26. The van der Waals surface area contributed by atoms with Gasteiger partial charge in [-0.1, -0.05) is 27.2 Å². The van der Waals surface area contributed by atoms with E-state index in [0.29, 0.717) is 11.7 Å². The number of carboxylic acids is 1.